The lowest BCUT2D eigenvalue weighted by atomic mass is 9.93. The van der Waals surface area contributed by atoms with Crippen LogP contribution in [0.3, 0.4) is 0 Å². The van der Waals surface area contributed by atoms with Crippen molar-refractivity contribution in [2.45, 2.75) is 6.10 Å². The van der Waals surface area contributed by atoms with Crippen LogP contribution in [0.5, 0.6) is 0 Å². The quantitative estimate of drug-likeness (QED) is 0.820. The minimum absolute atomic E-state index is 0.0494. The van der Waals surface area contributed by atoms with Crippen LogP contribution in [-0.2, 0) is 21.8 Å². The molecule has 122 valence electrons. The molecular weight excluding hydrogens is 306 g/mol. The van der Waals surface area contributed by atoms with Gasteiger partial charge in [0.05, 0.1) is 19.0 Å². The van der Waals surface area contributed by atoms with E-state index in [9.17, 15) is 13.2 Å². The molecule has 0 aliphatic carbocycles. The molecule has 3 heterocycles. The molecule has 1 aromatic rings. The van der Waals surface area contributed by atoms with E-state index in [1.165, 1.54) is 10.6 Å². The minimum atomic E-state index is -3.18. The van der Waals surface area contributed by atoms with Gasteiger partial charge in [0.2, 0.25) is 10.0 Å². The van der Waals surface area contributed by atoms with E-state index in [0.717, 1.165) is 0 Å². The maximum Gasteiger partial charge on any atom is 0.267 e. The number of sulfonamides is 1. The van der Waals surface area contributed by atoms with Gasteiger partial charge in [0.1, 0.15) is 5.69 Å². The van der Waals surface area contributed by atoms with Gasteiger partial charge < -0.3 is 14.6 Å². The molecule has 7 nitrogen and oxygen atoms in total. The number of hydrogen-bond donors (Lipinski definition) is 1. The van der Waals surface area contributed by atoms with Crippen LogP contribution in [0.2, 0.25) is 0 Å². The van der Waals surface area contributed by atoms with E-state index in [4.69, 9.17) is 4.74 Å². The van der Waals surface area contributed by atoms with Gasteiger partial charge in [0.15, 0.2) is 0 Å². The van der Waals surface area contributed by atoms with Crippen molar-refractivity contribution in [2.24, 2.45) is 18.9 Å². The van der Waals surface area contributed by atoms with Crippen molar-refractivity contribution >= 4 is 15.9 Å². The molecule has 0 bridgehead atoms. The van der Waals surface area contributed by atoms with Gasteiger partial charge in [-0.05, 0) is 12.1 Å². The number of ether oxygens (including phenoxy) is 1. The normalized spacial score (nSPS) is 28.7. The summed E-state index contributed by atoms with van der Waals surface area (Å²) in [6.07, 6.45) is 3.00. The summed E-state index contributed by atoms with van der Waals surface area (Å²) in [5.41, 5.74) is 0.611. The van der Waals surface area contributed by atoms with Crippen LogP contribution in [0.1, 0.15) is 10.5 Å². The van der Waals surface area contributed by atoms with E-state index in [2.05, 4.69) is 5.32 Å². The molecule has 0 unspecified atom stereocenters. The summed E-state index contributed by atoms with van der Waals surface area (Å²) in [7, 11) is -1.35. The molecule has 0 spiro atoms. The molecule has 0 aromatic carbocycles. The first-order valence-electron chi connectivity index (χ1n) is 7.32. The summed E-state index contributed by atoms with van der Waals surface area (Å²) in [6.45, 7) is 1.98. The number of hydrogen-bond acceptors (Lipinski definition) is 4. The van der Waals surface area contributed by atoms with Crippen LogP contribution in [0.15, 0.2) is 18.3 Å². The molecule has 8 heteroatoms. The third kappa shape index (κ3) is 2.90. The fraction of sp³-hybridized carbons (Fsp3) is 0.643. The van der Waals surface area contributed by atoms with Gasteiger partial charge in [-0.15, -0.1) is 0 Å². The van der Waals surface area contributed by atoms with Gasteiger partial charge in [-0.1, -0.05) is 0 Å². The average Bonchev–Trinajstić information content (AvgIpc) is 3.10. The Morgan fingerprint density at radius 3 is 2.86 bits per heavy atom. The number of rotatable bonds is 4. The molecule has 2 saturated heterocycles. The Bertz CT molecular complexity index is 669. The predicted octanol–water partition coefficient (Wildman–Crippen LogP) is -0.339. The molecule has 1 N–H and O–H groups in total. The zero-order valence-corrected chi connectivity index (χ0v) is 13.5. The molecule has 0 radical (unpaired) electrons. The van der Waals surface area contributed by atoms with Crippen LogP contribution in [0, 0.1) is 11.8 Å². The van der Waals surface area contributed by atoms with Crippen molar-refractivity contribution in [3.8, 4) is 0 Å². The molecular formula is C14H21N3O4S. The lowest BCUT2D eigenvalue weighted by Crippen LogP contribution is -2.35. The Morgan fingerprint density at radius 2 is 2.23 bits per heavy atom. The van der Waals surface area contributed by atoms with Crippen LogP contribution in [-0.4, -0.2) is 61.8 Å². The van der Waals surface area contributed by atoms with E-state index in [1.807, 2.05) is 19.3 Å². The highest BCUT2D eigenvalue weighted by Gasteiger charge is 2.46. The minimum Gasteiger partial charge on any atom is -0.376 e. The Morgan fingerprint density at radius 1 is 1.45 bits per heavy atom. The number of nitrogens with one attached hydrogen (secondary N) is 1. The fourth-order valence-electron chi connectivity index (χ4n) is 3.26. The van der Waals surface area contributed by atoms with Crippen molar-refractivity contribution in [2.75, 3.05) is 32.5 Å². The first-order valence-corrected chi connectivity index (χ1v) is 9.17. The summed E-state index contributed by atoms with van der Waals surface area (Å²) in [6, 6.07) is 3.59. The number of aryl methyl sites for hydroxylation is 1. The van der Waals surface area contributed by atoms with Crippen LogP contribution >= 0.6 is 0 Å². The highest BCUT2D eigenvalue weighted by Crippen LogP contribution is 2.34. The molecule has 3 atom stereocenters. The summed E-state index contributed by atoms with van der Waals surface area (Å²) in [4.78, 5) is 12.1. The molecule has 22 heavy (non-hydrogen) atoms. The van der Waals surface area contributed by atoms with Crippen molar-refractivity contribution in [1.82, 2.24) is 14.2 Å². The number of carbonyl (C=O) groups excluding carboxylic acids is 1. The first kappa shape index (κ1) is 15.5. The van der Waals surface area contributed by atoms with Crippen molar-refractivity contribution in [3.63, 3.8) is 0 Å². The molecule has 2 aliphatic heterocycles. The van der Waals surface area contributed by atoms with Gasteiger partial charge in [0, 0.05) is 44.7 Å². The van der Waals surface area contributed by atoms with Gasteiger partial charge in [-0.25, -0.2) is 8.42 Å². The van der Waals surface area contributed by atoms with Crippen molar-refractivity contribution in [1.29, 1.82) is 0 Å². The molecule has 1 aromatic heterocycles. The third-order valence-electron chi connectivity index (χ3n) is 4.58. The number of carbonyl (C=O) groups is 1. The summed E-state index contributed by atoms with van der Waals surface area (Å²) < 4.78 is 32.2. The second-order valence-electron chi connectivity index (χ2n) is 6.09. The number of aromatic nitrogens is 1. The SMILES string of the molecule is Cn1cccc1C(=O)NC[C@@H]1CO[C@@H]2CN(S(C)(=O)=O)C[C@H]12. The monoisotopic (exact) mass is 327 g/mol. The second kappa shape index (κ2) is 5.68. The van der Waals surface area contributed by atoms with Crippen LogP contribution in [0.25, 0.3) is 0 Å². The van der Waals surface area contributed by atoms with Crippen molar-refractivity contribution < 1.29 is 17.9 Å². The predicted molar refractivity (Wildman–Crippen MR) is 80.9 cm³/mol. The van der Waals surface area contributed by atoms with Crippen LogP contribution < -0.4 is 5.32 Å². The topological polar surface area (TPSA) is 80.6 Å². The average molecular weight is 327 g/mol. The first-order chi connectivity index (χ1) is 10.4. The number of amides is 1. The molecule has 3 rings (SSSR count). The van der Waals surface area contributed by atoms with Gasteiger partial charge in [-0.2, -0.15) is 4.31 Å². The zero-order chi connectivity index (χ0) is 15.9. The molecule has 2 aliphatic rings. The summed E-state index contributed by atoms with van der Waals surface area (Å²) in [5.74, 6) is 0.193. The van der Waals surface area contributed by atoms with E-state index in [1.54, 1.807) is 10.6 Å². The maximum atomic E-state index is 12.1. The summed E-state index contributed by atoms with van der Waals surface area (Å²) >= 11 is 0. The number of fused-ring (bicyclic) bond motifs is 1. The fourth-order valence-corrected chi connectivity index (χ4v) is 4.12. The maximum absolute atomic E-state index is 12.1. The van der Waals surface area contributed by atoms with Gasteiger partial charge in [-0.3, -0.25) is 4.79 Å². The Hall–Kier alpha value is -1.38. The largest absolute Gasteiger partial charge is 0.376 e. The number of nitrogens with zero attached hydrogens (tertiary/aromatic N) is 2. The third-order valence-corrected chi connectivity index (χ3v) is 5.81. The molecule has 2 fully saturated rings. The van der Waals surface area contributed by atoms with E-state index in [0.29, 0.717) is 31.9 Å². The van der Waals surface area contributed by atoms with Gasteiger partial charge >= 0.3 is 0 Å². The lowest BCUT2D eigenvalue weighted by molar-refractivity contribution is 0.0925. The highest BCUT2D eigenvalue weighted by molar-refractivity contribution is 7.88. The Kier molecular flexibility index (Phi) is 4.00. The van der Waals surface area contributed by atoms with E-state index in [-0.39, 0.29) is 23.8 Å². The molecule has 0 saturated carbocycles. The Labute approximate surface area is 130 Å². The van der Waals surface area contributed by atoms with Crippen LogP contribution in [0.4, 0.5) is 0 Å². The van der Waals surface area contributed by atoms with Crippen molar-refractivity contribution in [3.05, 3.63) is 24.0 Å². The summed E-state index contributed by atoms with van der Waals surface area (Å²) in [5, 5.41) is 2.93. The highest BCUT2D eigenvalue weighted by atomic mass is 32.2. The standard InChI is InChI=1S/C14H21N3O4S/c1-16-5-3-4-12(16)14(18)15-6-10-9-21-13-8-17(7-11(10)13)22(2,19)20/h3-5,10-11,13H,6-9H2,1-2H3,(H,15,18)/t10-,11-,13-/m1/s1. The smallest absolute Gasteiger partial charge is 0.267 e. The van der Waals surface area contributed by atoms with Gasteiger partial charge in [0.25, 0.3) is 5.91 Å². The van der Waals surface area contributed by atoms with E-state index >= 15 is 0 Å². The molecule has 1 amide bonds. The second-order valence-corrected chi connectivity index (χ2v) is 8.07. The zero-order valence-electron chi connectivity index (χ0n) is 12.7. The Balaban J connectivity index is 1.58. The van der Waals surface area contributed by atoms with E-state index < -0.39 is 10.0 Å². The lowest BCUT2D eigenvalue weighted by Gasteiger charge is -2.18.